The fraction of sp³-hybridized carbons (Fsp3) is 0.364. The SMILES string of the molecule is COc1c(F)cccc1NS(=O)(=O)c1ccc(N2CCCNCC2)c(N)c1.O=C(O)C(F)(F)F.O=C(O)C(F)(F)F. The molecule has 41 heavy (non-hydrogen) atoms. The summed E-state index contributed by atoms with van der Waals surface area (Å²) in [6, 6.07) is 8.65. The highest BCUT2D eigenvalue weighted by atomic mass is 32.2. The van der Waals surface area contributed by atoms with Crippen molar-refractivity contribution in [2.45, 2.75) is 23.7 Å². The largest absolute Gasteiger partial charge is 0.492 e. The van der Waals surface area contributed by atoms with E-state index in [4.69, 9.17) is 30.3 Å². The maximum Gasteiger partial charge on any atom is 0.490 e. The number of alkyl halides is 6. The van der Waals surface area contributed by atoms with Crippen molar-refractivity contribution in [1.29, 1.82) is 0 Å². The fourth-order valence-corrected chi connectivity index (χ4v) is 4.17. The number of sulfonamides is 1. The molecule has 3 rings (SSSR count). The number of nitrogens with two attached hydrogens (primary N) is 1. The number of para-hydroxylation sites is 1. The van der Waals surface area contributed by atoms with Gasteiger partial charge in [0.2, 0.25) is 0 Å². The molecule has 0 atom stereocenters. The monoisotopic (exact) mass is 622 g/mol. The molecule has 0 saturated carbocycles. The molecule has 1 heterocycles. The predicted molar refractivity (Wildman–Crippen MR) is 132 cm³/mol. The summed E-state index contributed by atoms with van der Waals surface area (Å²) in [4.78, 5) is 19.9. The zero-order valence-corrected chi connectivity index (χ0v) is 21.8. The van der Waals surface area contributed by atoms with Crippen LogP contribution in [0.25, 0.3) is 0 Å². The maximum absolute atomic E-state index is 13.8. The molecule has 1 fully saturated rings. The van der Waals surface area contributed by atoms with Crippen LogP contribution in [0.15, 0.2) is 41.3 Å². The highest BCUT2D eigenvalue weighted by Crippen LogP contribution is 2.31. The van der Waals surface area contributed by atoms with Gasteiger partial charge in [-0.15, -0.1) is 0 Å². The molecule has 1 aliphatic heterocycles. The number of benzene rings is 2. The summed E-state index contributed by atoms with van der Waals surface area (Å²) in [6.07, 6.45) is -9.18. The third kappa shape index (κ3) is 11.2. The number of rotatable bonds is 5. The lowest BCUT2D eigenvalue weighted by atomic mass is 10.2. The number of nitrogen functional groups attached to an aromatic ring is 1. The van der Waals surface area contributed by atoms with E-state index < -0.39 is 40.1 Å². The minimum Gasteiger partial charge on any atom is -0.492 e. The average molecular weight is 623 g/mol. The van der Waals surface area contributed by atoms with Crippen molar-refractivity contribution < 1.29 is 63.7 Å². The Bertz CT molecular complexity index is 1270. The van der Waals surface area contributed by atoms with Crippen molar-refractivity contribution in [2.24, 2.45) is 0 Å². The van der Waals surface area contributed by atoms with E-state index in [0.29, 0.717) is 5.69 Å². The normalized spacial score (nSPS) is 13.9. The van der Waals surface area contributed by atoms with Gasteiger partial charge in [0, 0.05) is 19.6 Å². The van der Waals surface area contributed by atoms with Gasteiger partial charge in [0.15, 0.2) is 11.6 Å². The molecule has 0 aliphatic carbocycles. The van der Waals surface area contributed by atoms with E-state index in [-0.39, 0.29) is 16.3 Å². The summed E-state index contributed by atoms with van der Waals surface area (Å²) >= 11 is 0. The molecule has 1 saturated heterocycles. The Morgan fingerprint density at radius 3 is 2.05 bits per heavy atom. The number of carboxylic acid groups (broad SMARTS) is 2. The van der Waals surface area contributed by atoms with Crippen LogP contribution in [0.3, 0.4) is 0 Å². The number of halogens is 7. The highest BCUT2D eigenvalue weighted by molar-refractivity contribution is 7.92. The smallest absolute Gasteiger partial charge is 0.490 e. The number of hydrogen-bond donors (Lipinski definition) is 5. The third-order valence-electron chi connectivity index (χ3n) is 4.89. The van der Waals surface area contributed by atoms with Crippen LogP contribution in [0.4, 0.5) is 47.8 Å². The van der Waals surface area contributed by atoms with Crippen LogP contribution >= 0.6 is 0 Å². The number of nitrogens with zero attached hydrogens (tertiary/aromatic N) is 1. The van der Waals surface area contributed by atoms with Gasteiger partial charge in [-0.3, -0.25) is 4.72 Å². The average Bonchev–Trinajstić information content (AvgIpc) is 3.13. The molecule has 6 N–H and O–H groups in total. The molecule has 0 spiro atoms. The number of carboxylic acids is 2. The van der Waals surface area contributed by atoms with Crippen LogP contribution in [0.1, 0.15) is 6.42 Å². The van der Waals surface area contributed by atoms with Gasteiger partial charge in [0.1, 0.15) is 0 Å². The van der Waals surface area contributed by atoms with Gasteiger partial charge in [0.25, 0.3) is 10.0 Å². The van der Waals surface area contributed by atoms with Gasteiger partial charge < -0.3 is 30.9 Å². The van der Waals surface area contributed by atoms with Crippen molar-refractivity contribution >= 4 is 39.0 Å². The van der Waals surface area contributed by atoms with E-state index in [1.165, 1.54) is 37.4 Å². The van der Waals surface area contributed by atoms with Gasteiger partial charge in [-0.25, -0.2) is 22.4 Å². The predicted octanol–water partition coefficient (Wildman–Crippen LogP) is 3.28. The summed E-state index contributed by atoms with van der Waals surface area (Å²) in [6.45, 7) is 3.44. The molecule has 0 amide bonds. The summed E-state index contributed by atoms with van der Waals surface area (Å²) in [5.41, 5.74) is 7.35. The second-order valence-electron chi connectivity index (χ2n) is 7.84. The first-order valence-corrected chi connectivity index (χ1v) is 12.6. The molecule has 2 aromatic carbocycles. The van der Waals surface area contributed by atoms with Gasteiger partial charge in [0.05, 0.1) is 29.1 Å². The van der Waals surface area contributed by atoms with Crippen LogP contribution < -0.4 is 25.4 Å². The highest BCUT2D eigenvalue weighted by Gasteiger charge is 2.38. The van der Waals surface area contributed by atoms with E-state index in [1.807, 2.05) is 0 Å². The first kappa shape index (κ1) is 35.0. The number of aliphatic carboxylic acids is 2. The van der Waals surface area contributed by atoms with Crippen LogP contribution in [0.2, 0.25) is 0 Å². The number of anilines is 3. The van der Waals surface area contributed by atoms with Crippen molar-refractivity contribution in [3.8, 4) is 5.75 Å². The number of carbonyl (C=O) groups is 2. The molecule has 0 radical (unpaired) electrons. The molecule has 0 unspecified atom stereocenters. The van der Waals surface area contributed by atoms with E-state index in [9.17, 15) is 39.2 Å². The van der Waals surface area contributed by atoms with Gasteiger partial charge in [-0.05, 0) is 43.3 Å². The number of nitrogens with one attached hydrogen (secondary N) is 2. The van der Waals surface area contributed by atoms with Crippen LogP contribution in [0, 0.1) is 5.82 Å². The van der Waals surface area contributed by atoms with E-state index in [2.05, 4.69) is 14.9 Å². The Hall–Kier alpha value is -4.00. The molecular weight excluding hydrogens is 597 g/mol. The van der Waals surface area contributed by atoms with Gasteiger partial charge in [-0.1, -0.05) is 6.07 Å². The maximum atomic E-state index is 13.8. The van der Waals surface area contributed by atoms with Gasteiger partial charge >= 0.3 is 24.3 Å². The lowest BCUT2D eigenvalue weighted by Gasteiger charge is -2.24. The summed E-state index contributed by atoms with van der Waals surface area (Å²) in [7, 11) is -2.67. The standard InChI is InChI=1S/C18H23FN4O3S.2C2HF3O2/c1-26-18-14(19)4-2-5-16(18)22-27(24,25)13-6-7-17(15(20)12-13)23-10-3-8-21-9-11-23;2*3-2(4,5)1(6)7/h2,4-7,12,21-22H,3,8-11,20H2,1H3;2*(H,6,7). The Morgan fingerprint density at radius 2 is 1.56 bits per heavy atom. The molecule has 0 aromatic heterocycles. The summed E-state index contributed by atoms with van der Waals surface area (Å²) in [5.74, 6) is -6.33. The third-order valence-corrected chi connectivity index (χ3v) is 6.25. The first-order valence-electron chi connectivity index (χ1n) is 11.1. The summed E-state index contributed by atoms with van der Waals surface area (Å²) < 4.78 is 110. The molecule has 0 bridgehead atoms. The van der Waals surface area contributed by atoms with Crippen LogP contribution in [-0.2, 0) is 19.6 Å². The fourth-order valence-electron chi connectivity index (χ4n) is 3.07. The summed E-state index contributed by atoms with van der Waals surface area (Å²) in [5, 5.41) is 17.6. The molecule has 230 valence electrons. The number of methoxy groups -OCH3 is 1. The molecular formula is C22H25F7N4O7S. The number of ether oxygens (including phenoxy) is 1. The van der Waals surface area contributed by atoms with Crippen LogP contribution in [0.5, 0.6) is 5.75 Å². The Balaban J connectivity index is 0.000000497. The topological polar surface area (TPSA) is 171 Å². The Labute approximate surface area is 228 Å². The lowest BCUT2D eigenvalue weighted by molar-refractivity contribution is -0.193. The molecule has 1 aliphatic rings. The Kier molecular flexibility index (Phi) is 12.5. The van der Waals surface area contributed by atoms with Crippen LogP contribution in [-0.4, -0.2) is 76.2 Å². The van der Waals surface area contributed by atoms with E-state index >= 15 is 0 Å². The van der Waals surface area contributed by atoms with Crippen molar-refractivity contribution in [3.05, 3.63) is 42.2 Å². The van der Waals surface area contributed by atoms with E-state index in [1.54, 1.807) is 6.07 Å². The second-order valence-corrected chi connectivity index (χ2v) is 9.53. The quantitative estimate of drug-likeness (QED) is 0.246. The van der Waals surface area contributed by atoms with Gasteiger partial charge in [-0.2, -0.15) is 26.3 Å². The minimum atomic E-state index is -5.08. The lowest BCUT2D eigenvalue weighted by Crippen LogP contribution is -2.28. The second kappa shape index (κ2) is 14.6. The van der Waals surface area contributed by atoms with E-state index in [0.717, 1.165) is 38.3 Å². The zero-order valence-electron chi connectivity index (χ0n) is 21.0. The molecule has 11 nitrogen and oxygen atoms in total. The minimum absolute atomic E-state index is 0.00279. The van der Waals surface area contributed by atoms with Crippen molar-refractivity contribution in [2.75, 3.05) is 48.6 Å². The zero-order chi connectivity index (χ0) is 31.6. The Morgan fingerprint density at radius 1 is 1.00 bits per heavy atom. The number of hydrogen-bond acceptors (Lipinski definition) is 8. The van der Waals surface area contributed by atoms with Crippen molar-refractivity contribution in [1.82, 2.24) is 5.32 Å². The first-order chi connectivity index (χ1) is 18.8. The van der Waals surface area contributed by atoms with Crippen molar-refractivity contribution in [3.63, 3.8) is 0 Å². The molecule has 19 heteroatoms. The molecule has 2 aromatic rings.